The SMILES string of the molecule is OC=CCP(c1ccccc1)c1ccccc1. The fourth-order valence-electron chi connectivity index (χ4n) is 1.73. The highest BCUT2D eigenvalue weighted by Crippen LogP contribution is 2.33. The molecule has 17 heavy (non-hydrogen) atoms. The number of allylic oxidation sites excluding steroid dienone is 1. The molecule has 1 nitrogen and oxygen atoms in total. The van der Waals surface area contributed by atoms with Gasteiger partial charge in [0.25, 0.3) is 0 Å². The number of hydrogen-bond donors (Lipinski definition) is 1. The maximum atomic E-state index is 8.84. The molecular weight excluding hydrogens is 227 g/mol. The Balaban J connectivity index is 2.32. The van der Waals surface area contributed by atoms with E-state index >= 15 is 0 Å². The van der Waals surface area contributed by atoms with Crippen molar-refractivity contribution in [2.24, 2.45) is 0 Å². The lowest BCUT2D eigenvalue weighted by Crippen LogP contribution is -2.12. The molecule has 0 aliphatic rings. The lowest BCUT2D eigenvalue weighted by Gasteiger charge is -2.16. The van der Waals surface area contributed by atoms with Gasteiger partial charge in [0, 0.05) is 0 Å². The van der Waals surface area contributed by atoms with Crippen molar-refractivity contribution in [3.8, 4) is 0 Å². The van der Waals surface area contributed by atoms with Crippen LogP contribution in [-0.2, 0) is 0 Å². The van der Waals surface area contributed by atoms with Crippen LogP contribution < -0.4 is 10.6 Å². The number of hydrogen-bond acceptors (Lipinski definition) is 1. The van der Waals surface area contributed by atoms with Gasteiger partial charge in [-0.1, -0.05) is 60.7 Å². The highest BCUT2D eigenvalue weighted by Gasteiger charge is 2.10. The topological polar surface area (TPSA) is 20.2 Å². The normalized spacial score (nSPS) is 11.1. The molecule has 0 bridgehead atoms. The minimum Gasteiger partial charge on any atom is -0.516 e. The zero-order valence-corrected chi connectivity index (χ0v) is 10.4. The molecular formula is C15H15OP. The van der Waals surface area contributed by atoms with Crippen LogP contribution >= 0.6 is 7.92 Å². The Morgan fingerprint density at radius 1 is 0.824 bits per heavy atom. The molecule has 0 saturated heterocycles. The lowest BCUT2D eigenvalue weighted by molar-refractivity contribution is 0.473. The minimum atomic E-state index is -0.404. The van der Waals surface area contributed by atoms with Crippen LogP contribution in [-0.4, -0.2) is 11.3 Å². The number of aliphatic hydroxyl groups excluding tert-OH is 1. The predicted octanol–water partition coefficient (Wildman–Crippen LogP) is 3.19. The van der Waals surface area contributed by atoms with Crippen molar-refractivity contribution in [3.05, 3.63) is 73.0 Å². The van der Waals surface area contributed by atoms with Gasteiger partial charge < -0.3 is 5.11 Å². The Morgan fingerprint density at radius 2 is 1.29 bits per heavy atom. The first-order chi connectivity index (χ1) is 8.42. The largest absolute Gasteiger partial charge is 0.516 e. The second kappa shape index (κ2) is 6.22. The van der Waals surface area contributed by atoms with Crippen LogP contribution in [0, 0.1) is 0 Å². The van der Waals surface area contributed by atoms with Crippen molar-refractivity contribution >= 4 is 18.5 Å². The van der Waals surface area contributed by atoms with Crippen molar-refractivity contribution in [2.45, 2.75) is 0 Å². The van der Waals surface area contributed by atoms with Gasteiger partial charge in [-0.3, -0.25) is 0 Å². The third-order valence-corrected chi connectivity index (χ3v) is 4.95. The smallest absolute Gasteiger partial charge is 0.0755 e. The van der Waals surface area contributed by atoms with Crippen molar-refractivity contribution < 1.29 is 5.11 Å². The lowest BCUT2D eigenvalue weighted by atomic mass is 10.4. The molecule has 2 rings (SSSR count). The summed E-state index contributed by atoms with van der Waals surface area (Å²) in [5.41, 5.74) is 0. The second-order valence-corrected chi connectivity index (χ2v) is 5.92. The number of rotatable bonds is 4. The van der Waals surface area contributed by atoms with E-state index in [2.05, 4.69) is 48.5 Å². The van der Waals surface area contributed by atoms with E-state index in [1.54, 1.807) is 0 Å². The summed E-state index contributed by atoms with van der Waals surface area (Å²) in [6.07, 6.45) is 3.84. The molecule has 0 fully saturated rings. The molecule has 86 valence electrons. The van der Waals surface area contributed by atoms with Crippen molar-refractivity contribution in [1.29, 1.82) is 0 Å². The summed E-state index contributed by atoms with van der Waals surface area (Å²) < 4.78 is 0. The number of benzene rings is 2. The maximum absolute atomic E-state index is 8.84. The van der Waals surface area contributed by atoms with Gasteiger partial charge in [0.05, 0.1) is 6.26 Å². The summed E-state index contributed by atoms with van der Waals surface area (Å²) >= 11 is 0. The van der Waals surface area contributed by atoms with Gasteiger partial charge >= 0.3 is 0 Å². The van der Waals surface area contributed by atoms with E-state index in [0.29, 0.717) is 0 Å². The van der Waals surface area contributed by atoms with E-state index in [0.717, 1.165) is 12.4 Å². The maximum Gasteiger partial charge on any atom is 0.0755 e. The molecule has 0 spiro atoms. The molecule has 2 heteroatoms. The van der Waals surface area contributed by atoms with E-state index in [-0.39, 0.29) is 0 Å². The van der Waals surface area contributed by atoms with Crippen molar-refractivity contribution in [3.63, 3.8) is 0 Å². The van der Waals surface area contributed by atoms with E-state index in [1.807, 2.05) is 18.2 Å². The van der Waals surface area contributed by atoms with Crippen LogP contribution in [0.4, 0.5) is 0 Å². The summed E-state index contributed by atoms with van der Waals surface area (Å²) in [7, 11) is -0.404. The molecule has 0 aromatic heterocycles. The minimum absolute atomic E-state index is 0.404. The molecule has 0 aliphatic carbocycles. The molecule has 0 amide bonds. The number of aliphatic hydroxyl groups is 1. The molecule has 0 aliphatic heterocycles. The summed E-state index contributed by atoms with van der Waals surface area (Å²) in [6.45, 7) is 0. The van der Waals surface area contributed by atoms with Crippen molar-refractivity contribution in [2.75, 3.05) is 6.16 Å². The standard InChI is InChI=1S/C15H15OP/c16-12-7-13-17(14-8-3-1-4-9-14)15-10-5-2-6-11-15/h1-12,16H,13H2. The quantitative estimate of drug-likeness (QED) is 0.645. The third kappa shape index (κ3) is 3.18. The van der Waals surface area contributed by atoms with E-state index in [1.165, 1.54) is 10.6 Å². The highest BCUT2D eigenvalue weighted by atomic mass is 31.1. The monoisotopic (exact) mass is 242 g/mol. The Bertz CT molecular complexity index is 425. The summed E-state index contributed by atoms with van der Waals surface area (Å²) in [4.78, 5) is 0. The van der Waals surface area contributed by atoms with Gasteiger partial charge in [0.1, 0.15) is 0 Å². The Hall–Kier alpha value is -1.59. The van der Waals surface area contributed by atoms with Gasteiger partial charge in [-0.15, -0.1) is 0 Å². The fourth-order valence-corrected chi connectivity index (χ4v) is 3.82. The molecule has 1 N–H and O–H groups in total. The Labute approximate surface area is 103 Å². The average Bonchev–Trinajstić information content (AvgIpc) is 2.42. The molecule has 0 atom stereocenters. The first-order valence-electron chi connectivity index (χ1n) is 5.58. The zero-order chi connectivity index (χ0) is 11.9. The molecule has 2 aromatic rings. The van der Waals surface area contributed by atoms with E-state index < -0.39 is 7.92 Å². The van der Waals surface area contributed by atoms with Gasteiger partial charge in [0.15, 0.2) is 0 Å². The molecule has 0 saturated carbocycles. The van der Waals surface area contributed by atoms with Gasteiger partial charge in [-0.2, -0.15) is 0 Å². The Morgan fingerprint density at radius 3 is 1.71 bits per heavy atom. The second-order valence-electron chi connectivity index (χ2n) is 3.67. The van der Waals surface area contributed by atoms with Gasteiger partial charge in [0.2, 0.25) is 0 Å². The van der Waals surface area contributed by atoms with Crippen LogP contribution in [0.25, 0.3) is 0 Å². The van der Waals surface area contributed by atoms with Crippen molar-refractivity contribution in [1.82, 2.24) is 0 Å². The average molecular weight is 242 g/mol. The van der Waals surface area contributed by atoms with Gasteiger partial charge in [-0.05, 0) is 30.8 Å². The van der Waals surface area contributed by atoms with Gasteiger partial charge in [-0.25, -0.2) is 0 Å². The van der Waals surface area contributed by atoms with E-state index in [4.69, 9.17) is 5.11 Å². The molecule has 0 radical (unpaired) electrons. The van der Waals surface area contributed by atoms with Crippen LogP contribution in [0.2, 0.25) is 0 Å². The van der Waals surface area contributed by atoms with Crippen LogP contribution in [0.3, 0.4) is 0 Å². The molecule has 2 aromatic carbocycles. The third-order valence-electron chi connectivity index (χ3n) is 2.53. The first kappa shape index (κ1) is 11.9. The highest BCUT2D eigenvalue weighted by molar-refractivity contribution is 7.73. The summed E-state index contributed by atoms with van der Waals surface area (Å²) in [5.74, 6) is 0. The molecule has 0 unspecified atom stereocenters. The first-order valence-corrected chi connectivity index (χ1v) is 7.11. The predicted molar refractivity (Wildman–Crippen MR) is 75.7 cm³/mol. The van der Waals surface area contributed by atoms with Crippen LogP contribution in [0.1, 0.15) is 0 Å². The fraction of sp³-hybridized carbons (Fsp3) is 0.0667. The zero-order valence-electron chi connectivity index (χ0n) is 9.53. The van der Waals surface area contributed by atoms with E-state index in [9.17, 15) is 0 Å². The Kier molecular flexibility index (Phi) is 4.35. The summed E-state index contributed by atoms with van der Waals surface area (Å²) in [6, 6.07) is 21.0. The van der Waals surface area contributed by atoms with Crippen LogP contribution in [0.5, 0.6) is 0 Å². The molecule has 0 heterocycles. The van der Waals surface area contributed by atoms with Crippen LogP contribution in [0.15, 0.2) is 73.0 Å². The summed E-state index contributed by atoms with van der Waals surface area (Å²) in [5, 5.41) is 11.5.